The molecule has 0 fully saturated rings. The van der Waals surface area contributed by atoms with Crippen LogP contribution in [0.4, 0.5) is 0 Å². The SMILES string of the molecule is COc1cc(C=NNC(=O)CSc2nc3ccccc3s2)ccc1OCc1ccc(Br)cc1. The van der Waals surface area contributed by atoms with Gasteiger partial charge in [0.2, 0.25) is 0 Å². The van der Waals surface area contributed by atoms with Gasteiger partial charge in [0.1, 0.15) is 6.61 Å². The van der Waals surface area contributed by atoms with Gasteiger partial charge < -0.3 is 9.47 Å². The number of carbonyl (C=O) groups is 1. The third kappa shape index (κ3) is 6.56. The van der Waals surface area contributed by atoms with E-state index in [2.05, 4.69) is 31.4 Å². The summed E-state index contributed by atoms with van der Waals surface area (Å²) in [5.41, 5.74) is 5.33. The van der Waals surface area contributed by atoms with Crippen LogP contribution in [-0.4, -0.2) is 30.0 Å². The lowest BCUT2D eigenvalue weighted by atomic mass is 10.2. The first-order valence-electron chi connectivity index (χ1n) is 9.96. The minimum atomic E-state index is -0.197. The topological polar surface area (TPSA) is 72.8 Å². The first-order valence-corrected chi connectivity index (χ1v) is 12.6. The number of fused-ring (bicyclic) bond motifs is 1. The molecule has 0 saturated carbocycles. The van der Waals surface area contributed by atoms with Gasteiger partial charge in [-0.25, -0.2) is 10.4 Å². The van der Waals surface area contributed by atoms with Crippen LogP contribution in [0.1, 0.15) is 11.1 Å². The number of hydrazone groups is 1. The molecule has 0 bridgehead atoms. The number of thiazole rings is 1. The summed E-state index contributed by atoms with van der Waals surface area (Å²) in [7, 11) is 1.59. The number of nitrogens with zero attached hydrogens (tertiary/aromatic N) is 2. The monoisotopic (exact) mass is 541 g/mol. The van der Waals surface area contributed by atoms with Gasteiger partial charge in [-0.05, 0) is 53.6 Å². The number of methoxy groups -OCH3 is 1. The molecule has 168 valence electrons. The van der Waals surface area contributed by atoms with Crippen LogP contribution in [0.5, 0.6) is 11.5 Å². The molecule has 3 aromatic carbocycles. The second-order valence-corrected chi connectivity index (χ2v) is 10.0. The average Bonchev–Trinajstić information content (AvgIpc) is 3.26. The molecule has 1 aromatic heterocycles. The van der Waals surface area contributed by atoms with Crippen molar-refractivity contribution >= 4 is 61.4 Å². The Balaban J connectivity index is 1.28. The lowest BCUT2D eigenvalue weighted by molar-refractivity contribution is -0.118. The zero-order valence-corrected chi connectivity index (χ0v) is 20.9. The van der Waals surface area contributed by atoms with Gasteiger partial charge in [-0.2, -0.15) is 5.10 Å². The van der Waals surface area contributed by atoms with Crippen molar-refractivity contribution < 1.29 is 14.3 Å². The molecule has 0 aliphatic rings. The van der Waals surface area contributed by atoms with E-state index in [9.17, 15) is 4.79 Å². The number of halogens is 1. The molecule has 0 aliphatic carbocycles. The summed E-state index contributed by atoms with van der Waals surface area (Å²) in [5, 5.41) is 4.05. The molecule has 0 spiro atoms. The molecule has 0 aliphatic heterocycles. The van der Waals surface area contributed by atoms with Crippen LogP contribution < -0.4 is 14.9 Å². The van der Waals surface area contributed by atoms with Crippen LogP contribution in [0.15, 0.2) is 80.6 Å². The normalized spacial score (nSPS) is 11.1. The van der Waals surface area contributed by atoms with Crippen molar-refractivity contribution in [2.45, 2.75) is 10.9 Å². The van der Waals surface area contributed by atoms with E-state index in [0.29, 0.717) is 18.1 Å². The second kappa shape index (κ2) is 11.3. The van der Waals surface area contributed by atoms with Gasteiger partial charge in [0.05, 0.1) is 29.3 Å². The van der Waals surface area contributed by atoms with Crippen molar-refractivity contribution in [3.63, 3.8) is 0 Å². The molecule has 1 amide bonds. The number of aromatic nitrogens is 1. The van der Waals surface area contributed by atoms with E-state index in [1.54, 1.807) is 24.7 Å². The number of carbonyl (C=O) groups excluding carboxylic acids is 1. The van der Waals surface area contributed by atoms with Crippen molar-refractivity contribution in [3.05, 3.63) is 82.3 Å². The van der Waals surface area contributed by atoms with E-state index in [1.807, 2.05) is 66.7 Å². The predicted molar refractivity (Wildman–Crippen MR) is 138 cm³/mol. The number of benzene rings is 3. The summed E-state index contributed by atoms with van der Waals surface area (Å²) < 4.78 is 14.3. The summed E-state index contributed by atoms with van der Waals surface area (Å²) in [6.45, 7) is 0.430. The average molecular weight is 542 g/mol. The Hall–Kier alpha value is -2.88. The summed E-state index contributed by atoms with van der Waals surface area (Å²) in [5.74, 6) is 1.27. The molecule has 0 unspecified atom stereocenters. The van der Waals surface area contributed by atoms with E-state index in [4.69, 9.17) is 9.47 Å². The van der Waals surface area contributed by atoms with Gasteiger partial charge in [-0.1, -0.05) is 52.0 Å². The van der Waals surface area contributed by atoms with Gasteiger partial charge in [-0.15, -0.1) is 11.3 Å². The molecule has 33 heavy (non-hydrogen) atoms. The Morgan fingerprint density at radius 3 is 2.76 bits per heavy atom. The second-order valence-electron chi connectivity index (χ2n) is 6.85. The standard InChI is InChI=1S/C24H20BrN3O3S2/c1-30-21-12-17(8-11-20(21)31-14-16-6-9-18(25)10-7-16)13-26-28-23(29)15-32-24-27-19-4-2-3-5-22(19)33-24/h2-13H,14-15H2,1H3,(H,28,29). The zero-order chi connectivity index (χ0) is 23.0. The Bertz CT molecular complexity index is 1240. The Morgan fingerprint density at radius 1 is 1.15 bits per heavy atom. The summed E-state index contributed by atoms with van der Waals surface area (Å²) >= 11 is 6.39. The van der Waals surface area contributed by atoms with Gasteiger partial charge >= 0.3 is 0 Å². The lowest BCUT2D eigenvalue weighted by Crippen LogP contribution is -2.19. The van der Waals surface area contributed by atoms with E-state index < -0.39 is 0 Å². The number of amides is 1. The first kappa shape index (κ1) is 23.3. The highest BCUT2D eigenvalue weighted by atomic mass is 79.9. The molecule has 1 N–H and O–H groups in total. The van der Waals surface area contributed by atoms with E-state index in [-0.39, 0.29) is 11.7 Å². The van der Waals surface area contributed by atoms with E-state index in [0.717, 1.165) is 30.2 Å². The van der Waals surface area contributed by atoms with E-state index in [1.165, 1.54) is 11.8 Å². The van der Waals surface area contributed by atoms with Crippen LogP contribution in [-0.2, 0) is 11.4 Å². The van der Waals surface area contributed by atoms with Gasteiger partial charge in [0, 0.05) is 4.47 Å². The zero-order valence-electron chi connectivity index (χ0n) is 17.7. The van der Waals surface area contributed by atoms with Crippen molar-refractivity contribution in [2.24, 2.45) is 5.10 Å². The molecule has 4 aromatic rings. The first-order chi connectivity index (χ1) is 16.1. The predicted octanol–water partition coefficient (Wildman–Crippen LogP) is 5.89. The summed E-state index contributed by atoms with van der Waals surface area (Å²) in [6, 6.07) is 21.3. The van der Waals surface area contributed by atoms with Gasteiger partial charge in [0.15, 0.2) is 15.8 Å². The number of para-hydroxylation sites is 1. The smallest absolute Gasteiger partial charge is 0.250 e. The third-order valence-electron chi connectivity index (χ3n) is 4.50. The maximum atomic E-state index is 12.1. The minimum Gasteiger partial charge on any atom is -0.493 e. The number of ether oxygens (including phenoxy) is 2. The Kier molecular flexibility index (Phi) is 7.98. The van der Waals surface area contributed by atoms with Gasteiger partial charge in [-0.3, -0.25) is 4.79 Å². The third-order valence-corrected chi connectivity index (χ3v) is 7.21. The van der Waals surface area contributed by atoms with Crippen LogP contribution in [0.25, 0.3) is 10.2 Å². The number of hydrogen-bond acceptors (Lipinski definition) is 7. The van der Waals surface area contributed by atoms with E-state index >= 15 is 0 Å². The summed E-state index contributed by atoms with van der Waals surface area (Å²) in [6.07, 6.45) is 1.57. The Morgan fingerprint density at radius 2 is 1.97 bits per heavy atom. The van der Waals surface area contributed by atoms with Crippen LogP contribution in [0.2, 0.25) is 0 Å². The molecule has 6 nitrogen and oxygen atoms in total. The highest BCUT2D eigenvalue weighted by Crippen LogP contribution is 2.30. The molecule has 1 heterocycles. The molecule has 0 saturated heterocycles. The van der Waals surface area contributed by atoms with Crippen LogP contribution >= 0.6 is 39.0 Å². The number of nitrogens with one attached hydrogen (secondary N) is 1. The fourth-order valence-electron chi connectivity index (χ4n) is 2.88. The van der Waals surface area contributed by atoms with Crippen molar-refractivity contribution in [3.8, 4) is 11.5 Å². The fraction of sp³-hybridized carbons (Fsp3) is 0.125. The maximum absolute atomic E-state index is 12.1. The van der Waals surface area contributed by atoms with Crippen LogP contribution in [0.3, 0.4) is 0 Å². The summed E-state index contributed by atoms with van der Waals surface area (Å²) in [4.78, 5) is 16.6. The van der Waals surface area contributed by atoms with Crippen molar-refractivity contribution in [2.75, 3.05) is 12.9 Å². The fourth-order valence-corrected chi connectivity index (χ4v) is 5.00. The van der Waals surface area contributed by atoms with Crippen molar-refractivity contribution in [1.82, 2.24) is 10.4 Å². The molecular weight excluding hydrogens is 522 g/mol. The number of rotatable bonds is 9. The number of hydrogen-bond donors (Lipinski definition) is 1. The van der Waals surface area contributed by atoms with Gasteiger partial charge in [0.25, 0.3) is 5.91 Å². The highest BCUT2D eigenvalue weighted by Gasteiger charge is 2.08. The molecule has 0 radical (unpaired) electrons. The maximum Gasteiger partial charge on any atom is 0.250 e. The highest BCUT2D eigenvalue weighted by molar-refractivity contribution is 9.10. The molecule has 9 heteroatoms. The Labute approximate surface area is 208 Å². The lowest BCUT2D eigenvalue weighted by Gasteiger charge is -2.11. The minimum absolute atomic E-state index is 0.197. The van der Waals surface area contributed by atoms with Crippen LogP contribution in [0, 0.1) is 0 Å². The molecule has 4 rings (SSSR count). The largest absolute Gasteiger partial charge is 0.493 e. The molecular formula is C24H20BrN3O3S2. The number of thioether (sulfide) groups is 1. The molecule has 0 atom stereocenters. The quantitative estimate of drug-likeness (QED) is 0.162. The van der Waals surface area contributed by atoms with Crippen molar-refractivity contribution in [1.29, 1.82) is 0 Å².